The molecule has 1 aromatic carbocycles. The van der Waals surface area contributed by atoms with Gasteiger partial charge in [0.05, 0.1) is 13.3 Å². The van der Waals surface area contributed by atoms with E-state index >= 15 is 0 Å². The van der Waals surface area contributed by atoms with E-state index in [2.05, 4.69) is 5.10 Å². The molecule has 1 rings (SSSR count). The highest BCUT2D eigenvalue weighted by Gasteiger charge is 2.01. The molecular weight excluding hydrogens is 152 g/mol. The van der Waals surface area contributed by atoms with Crippen LogP contribution >= 0.6 is 0 Å². The fraction of sp³-hybridized carbons (Fsp3) is 0.222. The number of nitrogens with zero attached hydrogens (tertiary/aromatic N) is 1. The molecule has 12 heavy (non-hydrogen) atoms. The van der Waals surface area contributed by atoms with Crippen LogP contribution in [0.2, 0.25) is 0 Å². The maximum atomic E-state index is 5.13. The highest BCUT2D eigenvalue weighted by molar-refractivity contribution is 5.85. The van der Waals surface area contributed by atoms with E-state index in [0.717, 1.165) is 16.9 Å². The second-order valence-electron chi connectivity index (χ2n) is 2.47. The van der Waals surface area contributed by atoms with E-state index in [0.29, 0.717) is 0 Å². The summed E-state index contributed by atoms with van der Waals surface area (Å²) < 4.78 is 5.13. The van der Waals surface area contributed by atoms with Crippen LogP contribution in [-0.2, 0) is 0 Å². The van der Waals surface area contributed by atoms with Crippen molar-refractivity contribution >= 4 is 6.21 Å². The normalized spacial score (nSPS) is 10.5. The quantitative estimate of drug-likeness (QED) is 0.407. The van der Waals surface area contributed by atoms with Crippen LogP contribution < -0.4 is 10.6 Å². The zero-order valence-electron chi connectivity index (χ0n) is 7.24. The Labute approximate surface area is 71.8 Å². The third kappa shape index (κ3) is 1.56. The lowest BCUT2D eigenvalue weighted by molar-refractivity contribution is 0.414. The molecule has 0 aromatic heterocycles. The smallest absolute Gasteiger partial charge is 0.127 e. The van der Waals surface area contributed by atoms with Crippen LogP contribution in [0.15, 0.2) is 23.3 Å². The maximum absolute atomic E-state index is 5.13. The lowest BCUT2D eigenvalue weighted by atomic mass is 10.1. The molecule has 0 unspecified atom stereocenters. The Balaban J connectivity index is 3.19. The Morgan fingerprint density at radius 3 is 2.83 bits per heavy atom. The van der Waals surface area contributed by atoms with Gasteiger partial charge in [0.25, 0.3) is 0 Å². The third-order valence-corrected chi connectivity index (χ3v) is 1.71. The van der Waals surface area contributed by atoms with Crippen molar-refractivity contribution < 1.29 is 4.74 Å². The van der Waals surface area contributed by atoms with E-state index in [-0.39, 0.29) is 0 Å². The van der Waals surface area contributed by atoms with Crippen molar-refractivity contribution in [3.8, 4) is 5.75 Å². The van der Waals surface area contributed by atoms with Gasteiger partial charge in [0.2, 0.25) is 0 Å². The number of nitrogens with two attached hydrogens (primary N) is 1. The van der Waals surface area contributed by atoms with E-state index in [9.17, 15) is 0 Å². The van der Waals surface area contributed by atoms with Crippen molar-refractivity contribution in [2.45, 2.75) is 6.92 Å². The summed E-state index contributed by atoms with van der Waals surface area (Å²) in [5.74, 6) is 5.86. The number of hydrazone groups is 1. The van der Waals surface area contributed by atoms with E-state index in [1.54, 1.807) is 13.3 Å². The summed E-state index contributed by atoms with van der Waals surface area (Å²) in [4.78, 5) is 0. The molecule has 64 valence electrons. The number of hydrogen-bond acceptors (Lipinski definition) is 3. The Bertz CT molecular complexity index is 295. The van der Waals surface area contributed by atoms with Crippen LogP contribution in [0.3, 0.4) is 0 Å². The molecule has 0 spiro atoms. The summed E-state index contributed by atoms with van der Waals surface area (Å²) in [5.41, 5.74) is 2.03. The molecule has 0 saturated heterocycles. The number of hydrogen-bond donors (Lipinski definition) is 1. The van der Waals surface area contributed by atoms with E-state index < -0.39 is 0 Å². The second-order valence-corrected chi connectivity index (χ2v) is 2.47. The molecular formula is C9H12N2O. The molecule has 0 aliphatic carbocycles. The van der Waals surface area contributed by atoms with Crippen LogP contribution in [0, 0.1) is 6.92 Å². The average molecular weight is 164 g/mol. The summed E-state index contributed by atoms with van der Waals surface area (Å²) in [7, 11) is 1.63. The molecule has 0 radical (unpaired) electrons. The van der Waals surface area contributed by atoms with Crippen molar-refractivity contribution in [1.29, 1.82) is 0 Å². The number of methoxy groups -OCH3 is 1. The van der Waals surface area contributed by atoms with Gasteiger partial charge in [0.15, 0.2) is 0 Å². The second kappa shape index (κ2) is 3.76. The SMILES string of the molecule is COc1cccc(C)c1/C=N/N. The minimum absolute atomic E-state index is 0.796. The maximum Gasteiger partial charge on any atom is 0.127 e. The first-order valence-electron chi connectivity index (χ1n) is 3.66. The van der Waals surface area contributed by atoms with Crippen LogP contribution in [0.5, 0.6) is 5.75 Å². The Hall–Kier alpha value is -1.51. The summed E-state index contributed by atoms with van der Waals surface area (Å²) in [6.07, 6.45) is 1.59. The highest BCUT2D eigenvalue weighted by Crippen LogP contribution is 2.18. The molecule has 0 heterocycles. The lowest BCUT2D eigenvalue weighted by Gasteiger charge is -2.05. The lowest BCUT2D eigenvalue weighted by Crippen LogP contribution is -1.95. The minimum atomic E-state index is 0.796. The van der Waals surface area contributed by atoms with Crippen molar-refractivity contribution in [1.82, 2.24) is 0 Å². The summed E-state index contributed by atoms with van der Waals surface area (Å²) in [6, 6.07) is 5.80. The molecule has 0 atom stereocenters. The fourth-order valence-corrected chi connectivity index (χ4v) is 1.07. The first kappa shape index (κ1) is 8.59. The Kier molecular flexibility index (Phi) is 2.69. The summed E-state index contributed by atoms with van der Waals surface area (Å²) in [5, 5.41) is 3.47. The van der Waals surface area contributed by atoms with Gasteiger partial charge in [-0.15, -0.1) is 0 Å². The molecule has 1 aromatic rings. The van der Waals surface area contributed by atoms with Gasteiger partial charge in [-0.25, -0.2) is 0 Å². The minimum Gasteiger partial charge on any atom is -0.496 e. The van der Waals surface area contributed by atoms with Gasteiger partial charge in [-0.3, -0.25) is 0 Å². The molecule has 0 aliphatic heterocycles. The van der Waals surface area contributed by atoms with Crippen LogP contribution in [-0.4, -0.2) is 13.3 Å². The van der Waals surface area contributed by atoms with Gasteiger partial charge in [-0.1, -0.05) is 12.1 Å². The number of aryl methyl sites for hydroxylation is 1. The average Bonchev–Trinajstić information content (AvgIpc) is 2.09. The van der Waals surface area contributed by atoms with Crippen molar-refractivity contribution in [3.63, 3.8) is 0 Å². The van der Waals surface area contributed by atoms with Gasteiger partial charge >= 0.3 is 0 Å². The molecule has 3 nitrogen and oxygen atoms in total. The Morgan fingerprint density at radius 2 is 2.25 bits per heavy atom. The van der Waals surface area contributed by atoms with Crippen molar-refractivity contribution in [3.05, 3.63) is 29.3 Å². The van der Waals surface area contributed by atoms with Crippen LogP contribution in [0.25, 0.3) is 0 Å². The summed E-state index contributed by atoms with van der Waals surface area (Å²) >= 11 is 0. The highest BCUT2D eigenvalue weighted by atomic mass is 16.5. The Morgan fingerprint density at radius 1 is 1.50 bits per heavy atom. The number of ether oxygens (including phenoxy) is 1. The molecule has 0 amide bonds. The van der Waals surface area contributed by atoms with Gasteiger partial charge in [-0.2, -0.15) is 5.10 Å². The molecule has 0 bridgehead atoms. The first-order valence-corrected chi connectivity index (χ1v) is 3.66. The van der Waals surface area contributed by atoms with E-state index in [1.807, 2.05) is 25.1 Å². The van der Waals surface area contributed by atoms with Crippen LogP contribution in [0.1, 0.15) is 11.1 Å². The molecule has 0 aliphatic rings. The first-order chi connectivity index (χ1) is 5.79. The van der Waals surface area contributed by atoms with Gasteiger partial charge in [-0.05, 0) is 18.6 Å². The van der Waals surface area contributed by atoms with Crippen molar-refractivity contribution in [2.75, 3.05) is 7.11 Å². The molecule has 3 heteroatoms. The van der Waals surface area contributed by atoms with Gasteiger partial charge in [0, 0.05) is 5.56 Å². The molecule has 0 fully saturated rings. The standard InChI is InChI=1S/C9H12N2O/c1-7-4-3-5-9(12-2)8(7)6-11-10/h3-6H,10H2,1-2H3/b11-6+. The van der Waals surface area contributed by atoms with Crippen LogP contribution in [0.4, 0.5) is 0 Å². The predicted molar refractivity (Wildman–Crippen MR) is 49.5 cm³/mol. The van der Waals surface area contributed by atoms with Gasteiger partial charge in [0.1, 0.15) is 5.75 Å². The fourth-order valence-electron chi connectivity index (χ4n) is 1.07. The van der Waals surface area contributed by atoms with Crippen molar-refractivity contribution in [2.24, 2.45) is 10.9 Å². The molecule has 2 N–H and O–H groups in total. The number of benzene rings is 1. The molecule has 0 saturated carbocycles. The summed E-state index contributed by atoms with van der Waals surface area (Å²) in [6.45, 7) is 1.99. The number of rotatable bonds is 2. The van der Waals surface area contributed by atoms with E-state index in [1.165, 1.54) is 0 Å². The zero-order valence-corrected chi connectivity index (χ0v) is 7.24. The zero-order chi connectivity index (χ0) is 8.97. The third-order valence-electron chi connectivity index (χ3n) is 1.71. The largest absolute Gasteiger partial charge is 0.496 e. The van der Waals surface area contributed by atoms with Gasteiger partial charge < -0.3 is 10.6 Å². The predicted octanol–water partition coefficient (Wildman–Crippen LogP) is 1.30. The van der Waals surface area contributed by atoms with E-state index in [4.69, 9.17) is 10.6 Å². The monoisotopic (exact) mass is 164 g/mol. The topological polar surface area (TPSA) is 47.6 Å².